The molecule has 0 amide bonds. The van der Waals surface area contributed by atoms with Gasteiger partial charge in [0.25, 0.3) is 0 Å². The second-order valence-corrected chi connectivity index (χ2v) is 17.1. The molecule has 0 bridgehead atoms. The molecule has 0 aromatic carbocycles. The van der Waals surface area contributed by atoms with Crippen LogP contribution in [0, 0.1) is 0 Å². The average Bonchev–Trinajstić information content (AvgIpc) is 3.29. The lowest BCUT2D eigenvalue weighted by atomic mass is 10.0. The van der Waals surface area contributed by atoms with Crippen molar-refractivity contribution in [2.45, 2.75) is 239 Å². The number of hydrogen-bond acceptors (Lipinski definition) is 6. The SMILES string of the molecule is CC/C=C\C/C=C\C/C=C\C/C=C\C/C=C\C/C=C\C/C=C\CCCC(=O)OCC(COC(=O)CCCCCCC/C=C\CCC)OC(=O)CCCCCCCCCCCCCCC. The number of allylic oxidation sites excluding steroid dienone is 16. The van der Waals surface area contributed by atoms with Crippen molar-refractivity contribution in [3.05, 3.63) is 97.2 Å². The third-order valence-corrected chi connectivity index (χ3v) is 10.8. The molecule has 0 saturated heterocycles. The van der Waals surface area contributed by atoms with E-state index in [9.17, 15) is 14.4 Å². The van der Waals surface area contributed by atoms with Gasteiger partial charge in [-0.3, -0.25) is 14.4 Å². The van der Waals surface area contributed by atoms with E-state index >= 15 is 0 Å². The summed E-state index contributed by atoms with van der Waals surface area (Å²) in [6.45, 7) is 6.40. The number of ether oxygens (including phenoxy) is 3. The van der Waals surface area contributed by atoms with E-state index in [2.05, 4.69) is 118 Å². The maximum atomic E-state index is 12.8. The molecule has 64 heavy (non-hydrogen) atoms. The molecule has 0 aromatic heterocycles. The molecule has 0 saturated carbocycles. The van der Waals surface area contributed by atoms with Gasteiger partial charge in [-0.15, -0.1) is 0 Å². The summed E-state index contributed by atoms with van der Waals surface area (Å²) >= 11 is 0. The fourth-order valence-electron chi connectivity index (χ4n) is 6.90. The van der Waals surface area contributed by atoms with Gasteiger partial charge < -0.3 is 14.2 Å². The standard InChI is InChI=1S/C58H96O6/c1-4-7-10-13-16-19-22-24-25-26-27-28-29-30-31-32-33-35-36-39-42-45-48-51-57(60)63-54-55(53-62-56(59)50-47-44-41-38-21-18-15-12-9-6-3)64-58(61)52-49-46-43-40-37-34-23-20-17-14-11-8-5-2/h7,10,12,15-16,19,24-25,27-28,30-31,33,35,39,42,55H,4-6,8-9,11,13-14,17-18,20-23,26,29,32,34,36-38,40-41,43-54H2,1-3H3/b10-7-,15-12-,19-16-,25-24-,28-27-,31-30-,35-33-,42-39-. The topological polar surface area (TPSA) is 78.9 Å². The summed E-state index contributed by atoms with van der Waals surface area (Å²) in [6, 6.07) is 0. The number of esters is 3. The first-order valence-corrected chi connectivity index (χ1v) is 26.2. The van der Waals surface area contributed by atoms with Gasteiger partial charge in [0.05, 0.1) is 0 Å². The second-order valence-electron chi connectivity index (χ2n) is 17.1. The quantitative estimate of drug-likeness (QED) is 0.0262. The Labute approximate surface area is 394 Å². The van der Waals surface area contributed by atoms with Crippen LogP contribution in [0.15, 0.2) is 97.2 Å². The molecule has 0 aliphatic carbocycles. The Hall–Kier alpha value is -3.67. The molecule has 0 radical (unpaired) electrons. The Kier molecular flexibility index (Phi) is 49.0. The molecule has 0 heterocycles. The monoisotopic (exact) mass is 889 g/mol. The zero-order chi connectivity index (χ0) is 46.5. The van der Waals surface area contributed by atoms with Gasteiger partial charge in [-0.05, 0) is 89.9 Å². The number of hydrogen-bond donors (Lipinski definition) is 0. The van der Waals surface area contributed by atoms with Crippen molar-refractivity contribution < 1.29 is 28.6 Å². The number of unbranched alkanes of at least 4 members (excludes halogenated alkanes) is 19. The third-order valence-electron chi connectivity index (χ3n) is 10.8. The van der Waals surface area contributed by atoms with E-state index in [-0.39, 0.29) is 37.5 Å². The van der Waals surface area contributed by atoms with E-state index in [1.807, 2.05) is 0 Å². The largest absolute Gasteiger partial charge is 0.462 e. The highest BCUT2D eigenvalue weighted by Gasteiger charge is 2.19. The molecular weight excluding hydrogens is 793 g/mol. The van der Waals surface area contributed by atoms with Gasteiger partial charge in [0.2, 0.25) is 0 Å². The summed E-state index contributed by atoms with van der Waals surface area (Å²) in [4.78, 5) is 37.9. The Balaban J connectivity index is 4.42. The molecule has 0 rings (SSSR count). The summed E-state index contributed by atoms with van der Waals surface area (Å²) in [5.41, 5.74) is 0. The first kappa shape index (κ1) is 60.3. The first-order chi connectivity index (χ1) is 31.5. The van der Waals surface area contributed by atoms with Crippen molar-refractivity contribution in [1.82, 2.24) is 0 Å². The van der Waals surface area contributed by atoms with Crippen LogP contribution in [0.4, 0.5) is 0 Å². The third kappa shape index (κ3) is 49.3. The molecule has 0 fully saturated rings. The minimum atomic E-state index is -0.801. The van der Waals surface area contributed by atoms with Crippen molar-refractivity contribution in [3.63, 3.8) is 0 Å². The van der Waals surface area contributed by atoms with Crippen LogP contribution in [0.25, 0.3) is 0 Å². The van der Waals surface area contributed by atoms with Gasteiger partial charge in [-0.2, -0.15) is 0 Å². The summed E-state index contributed by atoms with van der Waals surface area (Å²) in [5, 5.41) is 0. The van der Waals surface area contributed by atoms with E-state index in [1.165, 1.54) is 77.0 Å². The van der Waals surface area contributed by atoms with E-state index in [4.69, 9.17) is 14.2 Å². The molecule has 1 unspecified atom stereocenters. The predicted octanol–water partition coefficient (Wildman–Crippen LogP) is 17.4. The Morgan fingerprint density at radius 2 is 0.656 bits per heavy atom. The van der Waals surface area contributed by atoms with E-state index < -0.39 is 6.10 Å². The summed E-state index contributed by atoms with van der Waals surface area (Å²) in [5.74, 6) is -0.973. The second kappa shape index (κ2) is 52.0. The van der Waals surface area contributed by atoms with Crippen molar-refractivity contribution in [2.75, 3.05) is 13.2 Å². The van der Waals surface area contributed by atoms with Gasteiger partial charge in [0.1, 0.15) is 13.2 Å². The van der Waals surface area contributed by atoms with Gasteiger partial charge >= 0.3 is 17.9 Å². The van der Waals surface area contributed by atoms with E-state index in [1.54, 1.807) is 0 Å². The maximum Gasteiger partial charge on any atom is 0.306 e. The number of carbonyl (C=O) groups excluding carboxylic acids is 3. The van der Waals surface area contributed by atoms with Gasteiger partial charge in [-0.25, -0.2) is 0 Å². The highest BCUT2D eigenvalue weighted by Crippen LogP contribution is 2.14. The van der Waals surface area contributed by atoms with Crippen LogP contribution in [0.1, 0.15) is 233 Å². The smallest absolute Gasteiger partial charge is 0.306 e. The lowest BCUT2D eigenvalue weighted by Crippen LogP contribution is -2.30. The molecule has 0 spiro atoms. The fourth-order valence-corrected chi connectivity index (χ4v) is 6.90. The number of rotatable bonds is 46. The van der Waals surface area contributed by atoms with Gasteiger partial charge in [0, 0.05) is 19.3 Å². The normalized spacial score (nSPS) is 12.9. The van der Waals surface area contributed by atoms with Crippen LogP contribution in [0.3, 0.4) is 0 Å². The van der Waals surface area contributed by atoms with Crippen LogP contribution < -0.4 is 0 Å². The van der Waals surface area contributed by atoms with E-state index in [0.717, 1.165) is 109 Å². The predicted molar refractivity (Wildman–Crippen MR) is 274 cm³/mol. The van der Waals surface area contributed by atoms with Crippen LogP contribution in [0.5, 0.6) is 0 Å². The highest BCUT2D eigenvalue weighted by molar-refractivity contribution is 5.71. The minimum absolute atomic E-state index is 0.0993. The Morgan fingerprint density at radius 1 is 0.328 bits per heavy atom. The summed E-state index contributed by atoms with van der Waals surface area (Å²) in [6.07, 6.45) is 68.3. The van der Waals surface area contributed by atoms with E-state index in [0.29, 0.717) is 19.3 Å². The first-order valence-electron chi connectivity index (χ1n) is 26.2. The average molecular weight is 889 g/mol. The molecule has 0 aliphatic rings. The van der Waals surface area contributed by atoms with Crippen LogP contribution in [0.2, 0.25) is 0 Å². The van der Waals surface area contributed by atoms with Crippen LogP contribution in [-0.4, -0.2) is 37.2 Å². The molecular formula is C58H96O6. The number of carbonyl (C=O) groups is 3. The highest BCUT2D eigenvalue weighted by atomic mass is 16.6. The lowest BCUT2D eigenvalue weighted by Gasteiger charge is -2.18. The molecule has 0 aliphatic heterocycles. The van der Waals surface area contributed by atoms with Crippen LogP contribution >= 0.6 is 0 Å². The van der Waals surface area contributed by atoms with Crippen molar-refractivity contribution in [2.24, 2.45) is 0 Å². The van der Waals surface area contributed by atoms with Gasteiger partial charge in [0.15, 0.2) is 6.10 Å². The van der Waals surface area contributed by atoms with Crippen molar-refractivity contribution >= 4 is 17.9 Å². The fraction of sp³-hybridized carbons (Fsp3) is 0.672. The molecule has 0 N–H and O–H groups in total. The Bertz CT molecular complexity index is 1300. The zero-order valence-corrected chi connectivity index (χ0v) is 41.5. The Morgan fingerprint density at radius 3 is 1.09 bits per heavy atom. The lowest BCUT2D eigenvalue weighted by molar-refractivity contribution is -0.167. The van der Waals surface area contributed by atoms with Crippen molar-refractivity contribution in [1.29, 1.82) is 0 Å². The molecule has 0 aromatic rings. The van der Waals surface area contributed by atoms with Crippen molar-refractivity contribution in [3.8, 4) is 0 Å². The molecule has 6 heteroatoms. The molecule has 6 nitrogen and oxygen atoms in total. The molecule has 364 valence electrons. The van der Waals surface area contributed by atoms with Crippen LogP contribution in [-0.2, 0) is 28.6 Å². The molecule has 1 atom stereocenters. The zero-order valence-electron chi connectivity index (χ0n) is 41.5. The summed E-state index contributed by atoms with van der Waals surface area (Å²) < 4.78 is 16.7. The summed E-state index contributed by atoms with van der Waals surface area (Å²) in [7, 11) is 0. The maximum absolute atomic E-state index is 12.8. The van der Waals surface area contributed by atoms with Gasteiger partial charge in [-0.1, -0.05) is 221 Å². The minimum Gasteiger partial charge on any atom is -0.462 e.